The van der Waals surface area contributed by atoms with Crippen molar-refractivity contribution in [3.8, 4) is 0 Å². The molecule has 0 radical (unpaired) electrons. The Morgan fingerprint density at radius 3 is 2.50 bits per heavy atom. The predicted molar refractivity (Wildman–Crippen MR) is 75.5 cm³/mol. The van der Waals surface area contributed by atoms with Crippen molar-refractivity contribution in [3.05, 3.63) is 29.6 Å². The number of nitrogen functional groups attached to an aromatic ring is 1. The summed E-state index contributed by atoms with van der Waals surface area (Å²) >= 11 is 0. The summed E-state index contributed by atoms with van der Waals surface area (Å²) in [4.78, 5) is 4.32. The molecule has 4 N–H and O–H groups in total. The summed E-state index contributed by atoms with van der Waals surface area (Å²) in [6, 6.07) is 4.07. The molecule has 0 saturated heterocycles. The molecule has 1 aliphatic carbocycles. The zero-order valence-electron chi connectivity index (χ0n) is 11.1. The Kier molecular flexibility index (Phi) is 2.48. The van der Waals surface area contributed by atoms with Gasteiger partial charge in [-0.1, -0.05) is 0 Å². The van der Waals surface area contributed by atoms with Gasteiger partial charge in [0.05, 0.1) is 5.75 Å². The van der Waals surface area contributed by atoms with Crippen LogP contribution in [0.15, 0.2) is 23.2 Å². The fourth-order valence-electron chi connectivity index (χ4n) is 2.84. The Labute approximate surface area is 116 Å². The van der Waals surface area contributed by atoms with E-state index in [1.165, 1.54) is 18.2 Å². The third-order valence-electron chi connectivity index (χ3n) is 4.18. The van der Waals surface area contributed by atoms with Gasteiger partial charge in [0.1, 0.15) is 21.9 Å². The van der Waals surface area contributed by atoms with Gasteiger partial charge in [0.2, 0.25) is 0 Å². The van der Waals surface area contributed by atoms with Crippen LogP contribution in [-0.2, 0) is 15.4 Å². The van der Waals surface area contributed by atoms with Crippen LogP contribution in [0.5, 0.6) is 0 Å². The minimum atomic E-state index is -3.45. The molecule has 1 aromatic carbocycles. The van der Waals surface area contributed by atoms with Crippen LogP contribution in [0.3, 0.4) is 0 Å². The van der Waals surface area contributed by atoms with Gasteiger partial charge >= 0.3 is 0 Å². The monoisotopic (exact) mass is 297 g/mol. The average Bonchev–Trinajstić information content (AvgIpc) is 3.11. The molecule has 1 aromatic rings. The summed E-state index contributed by atoms with van der Waals surface area (Å²) in [7, 11) is -3.45. The lowest BCUT2D eigenvalue weighted by atomic mass is 9.93. The van der Waals surface area contributed by atoms with E-state index in [1.54, 1.807) is 6.92 Å². The highest BCUT2D eigenvalue weighted by Crippen LogP contribution is 2.50. The molecular formula is C13H16FN3O2S. The van der Waals surface area contributed by atoms with Gasteiger partial charge in [-0.25, -0.2) is 12.8 Å². The van der Waals surface area contributed by atoms with Crippen LogP contribution in [0.4, 0.5) is 10.1 Å². The normalized spacial score (nSPS) is 30.0. The zero-order chi connectivity index (χ0) is 14.8. The number of amidine groups is 1. The SMILES string of the molecule is CC1(c2cc(N)ccc2F)CS(=O)(=O)C2(CC2)C(N)=N1. The Balaban J connectivity index is 2.19. The van der Waals surface area contributed by atoms with Gasteiger partial charge in [0.25, 0.3) is 0 Å². The lowest BCUT2D eigenvalue weighted by molar-refractivity contribution is 0.483. The van der Waals surface area contributed by atoms with E-state index in [1.807, 2.05) is 0 Å². The molecular weight excluding hydrogens is 281 g/mol. The van der Waals surface area contributed by atoms with E-state index >= 15 is 0 Å². The highest BCUT2D eigenvalue weighted by molar-refractivity contribution is 7.94. The van der Waals surface area contributed by atoms with E-state index < -0.39 is 25.9 Å². The molecule has 5 nitrogen and oxygen atoms in total. The molecule has 0 bridgehead atoms. The minimum Gasteiger partial charge on any atom is -0.399 e. The number of benzene rings is 1. The second-order valence-electron chi connectivity index (χ2n) is 5.76. The summed E-state index contributed by atoms with van der Waals surface area (Å²) in [5, 5.41) is 0. The van der Waals surface area contributed by atoms with Crippen molar-refractivity contribution < 1.29 is 12.8 Å². The number of nitrogens with two attached hydrogens (primary N) is 2. The first-order valence-electron chi connectivity index (χ1n) is 6.34. The topological polar surface area (TPSA) is 98.5 Å². The Bertz CT molecular complexity index is 725. The van der Waals surface area contributed by atoms with Crippen molar-refractivity contribution in [2.24, 2.45) is 10.7 Å². The van der Waals surface area contributed by atoms with Crippen molar-refractivity contribution in [2.75, 3.05) is 11.5 Å². The third kappa shape index (κ3) is 1.65. The molecule has 1 saturated carbocycles. The number of sulfone groups is 1. The summed E-state index contributed by atoms with van der Waals surface area (Å²) in [6.45, 7) is 1.57. The molecule has 7 heteroatoms. The number of halogens is 1. The Hall–Kier alpha value is -1.63. The van der Waals surface area contributed by atoms with Crippen molar-refractivity contribution in [1.29, 1.82) is 0 Å². The van der Waals surface area contributed by atoms with Crippen molar-refractivity contribution in [1.82, 2.24) is 0 Å². The maximum Gasteiger partial charge on any atom is 0.165 e. The second-order valence-corrected chi connectivity index (χ2v) is 8.06. The molecule has 1 aliphatic heterocycles. The number of rotatable bonds is 1. The lowest BCUT2D eigenvalue weighted by Crippen LogP contribution is -2.50. The van der Waals surface area contributed by atoms with Crippen LogP contribution in [0.2, 0.25) is 0 Å². The molecule has 3 rings (SSSR count). The van der Waals surface area contributed by atoms with Crippen molar-refractivity contribution in [3.63, 3.8) is 0 Å². The largest absolute Gasteiger partial charge is 0.399 e. The van der Waals surface area contributed by atoms with E-state index in [0.717, 1.165) is 0 Å². The van der Waals surface area contributed by atoms with E-state index in [-0.39, 0.29) is 17.2 Å². The Morgan fingerprint density at radius 2 is 1.95 bits per heavy atom. The molecule has 0 aromatic heterocycles. The molecule has 0 amide bonds. The third-order valence-corrected chi connectivity index (χ3v) is 6.93. The average molecular weight is 297 g/mol. The molecule has 1 heterocycles. The summed E-state index contributed by atoms with van der Waals surface area (Å²) in [6.07, 6.45) is 1.00. The van der Waals surface area contributed by atoms with E-state index in [0.29, 0.717) is 18.5 Å². The van der Waals surface area contributed by atoms with Crippen LogP contribution in [0.25, 0.3) is 0 Å². The molecule has 1 atom stereocenters. The van der Waals surface area contributed by atoms with Gasteiger partial charge in [-0.3, -0.25) is 4.99 Å². The first kappa shape index (κ1) is 13.4. The number of nitrogens with zero attached hydrogens (tertiary/aromatic N) is 1. The maximum absolute atomic E-state index is 14.0. The first-order chi connectivity index (χ1) is 9.20. The first-order valence-corrected chi connectivity index (χ1v) is 7.99. The molecule has 1 spiro atoms. The number of hydrogen-bond acceptors (Lipinski definition) is 5. The number of aliphatic imine (C=N–C) groups is 1. The van der Waals surface area contributed by atoms with Crippen molar-refractivity contribution >= 4 is 21.4 Å². The standard InChI is InChI=1S/C13H16FN3O2S/c1-12(9-6-8(15)2-3-10(9)14)7-20(18,19)13(4-5-13)11(16)17-12/h2-3,6H,4-5,7,15H2,1H3,(H2,16,17). The molecule has 1 unspecified atom stereocenters. The lowest BCUT2D eigenvalue weighted by Gasteiger charge is -2.34. The molecule has 2 aliphatic rings. The second kappa shape index (κ2) is 3.72. The van der Waals surface area contributed by atoms with Crippen molar-refractivity contribution in [2.45, 2.75) is 30.1 Å². The summed E-state index contributed by atoms with van der Waals surface area (Å²) < 4.78 is 37.9. The van der Waals surface area contributed by atoms with Gasteiger partial charge in [-0.2, -0.15) is 0 Å². The Morgan fingerprint density at radius 1 is 1.30 bits per heavy atom. The van der Waals surface area contributed by atoms with Crippen LogP contribution in [0.1, 0.15) is 25.3 Å². The molecule has 1 fully saturated rings. The van der Waals surface area contributed by atoms with Gasteiger partial charge in [0.15, 0.2) is 9.84 Å². The maximum atomic E-state index is 14.0. The van der Waals surface area contributed by atoms with Crippen LogP contribution in [0, 0.1) is 5.82 Å². The number of hydrogen-bond donors (Lipinski definition) is 2. The van der Waals surface area contributed by atoms with E-state index in [4.69, 9.17) is 11.5 Å². The van der Waals surface area contributed by atoms with E-state index in [9.17, 15) is 12.8 Å². The van der Waals surface area contributed by atoms with Crippen LogP contribution in [-0.4, -0.2) is 24.8 Å². The fraction of sp³-hybridized carbons (Fsp3) is 0.462. The van der Waals surface area contributed by atoms with Gasteiger partial charge < -0.3 is 11.5 Å². The molecule has 20 heavy (non-hydrogen) atoms. The molecule has 108 valence electrons. The van der Waals surface area contributed by atoms with Gasteiger partial charge in [-0.15, -0.1) is 0 Å². The van der Waals surface area contributed by atoms with Crippen LogP contribution >= 0.6 is 0 Å². The fourth-order valence-corrected chi connectivity index (χ4v) is 5.17. The predicted octanol–water partition coefficient (Wildman–Crippen LogP) is 0.941. The highest BCUT2D eigenvalue weighted by atomic mass is 32.2. The zero-order valence-corrected chi connectivity index (χ0v) is 11.9. The van der Waals surface area contributed by atoms with Crippen LogP contribution < -0.4 is 11.5 Å². The summed E-state index contributed by atoms with van der Waals surface area (Å²) in [5.41, 5.74) is 10.8. The smallest absolute Gasteiger partial charge is 0.165 e. The number of anilines is 1. The summed E-state index contributed by atoms with van der Waals surface area (Å²) in [5.74, 6) is -0.686. The minimum absolute atomic E-state index is 0.0908. The quantitative estimate of drug-likeness (QED) is 0.754. The highest BCUT2D eigenvalue weighted by Gasteiger charge is 2.62. The van der Waals surface area contributed by atoms with Gasteiger partial charge in [-0.05, 0) is 38.0 Å². The van der Waals surface area contributed by atoms with E-state index in [2.05, 4.69) is 4.99 Å². The van der Waals surface area contributed by atoms with Gasteiger partial charge in [0, 0.05) is 11.3 Å².